The summed E-state index contributed by atoms with van der Waals surface area (Å²) in [5.41, 5.74) is 2.17. The third-order valence-corrected chi connectivity index (χ3v) is 5.71. The van der Waals surface area contributed by atoms with Crippen molar-refractivity contribution in [3.63, 3.8) is 0 Å². The summed E-state index contributed by atoms with van der Waals surface area (Å²) in [6.07, 6.45) is 2.21. The quantitative estimate of drug-likeness (QED) is 0.638. The van der Waals surface area contributed by atoms with Gasteiger partial charge in [0.05, 0.1) is 7.11 Å². The van der Waals surface area contributed by atoms with Gasteiger partial charge in [0.1, 0.15) is 12.3 Å². The van der Waals surface area contributed by atoms with Gasteiger partial charge in [0.2, 0.25) is 11.8 Å². The zero-order valence-corrected chi connectivity index (χ0v) is 17.8. The number of nitrogens with zero attached hydrogens (tertiary/aromatic N) is 3. The van der Waals surface area contributed by atoms with Crippen LogP contribution in [0.15, 0.2) is 60.8 Å². The second kappa shape index (κ2) is 9.55. The normalized spacial score (nSPS) is 14.0. The fourth-order valence-corrected chi connectivity index (χ4v) is 3.97. The third kappa shape index (κ3) is 4.99. The Morgan fingerprint density at radius 2 is 1.77 bits per heavy atom. The zero-order valence-electron chi connectivity index (χ0n) is 17.8. The molecule has 31 heavy (non-hydrogen) atoms. The molecule has 0 bridgehead atoms. The molecule has 1 aromatic heterocycles. The molecule has 0 unspecified atom stereocenters. The second-order valence-corrected chi connectivity index (χ2v) is 7.67. The van der Waals surface area contributed by atoms with E-state index >= 15 is 0 Å². The maximum atomic E-state index is 12.5. The SMILES string of the molecule is COc1ccc2c(ccn2CC(=O)NCCC(=O)N2CCN(c3ccccc3)CC2)c1. The van der Waals surface area contributed by atoms with Gasteiger partial charge in [0.15, 0.2) is 0 Å². The first kappa shape index (κ1) is 20.8. The van der Waals surface area contributed by atoms with E-state index in [-0.39, 0.29) is 18.4 Å². The summed E-state index contributed by atoms with van der Waals surface area (Å²) in [5.74, 6) is 0.777. The van der Waals surface area contributed by atoms with E-state index in [0.29, 0.717) is 26.1 Å². The molecule has 2 aromatic carbocycles. The van der Waals surface area contributed by atoms with Crippen molar-refractivity contribution in [3.05, 3.63) is 60.8 Å². The molecule has 162 valence electrons. The molecule has 2 heterocycles. The van der Waals surface area contributed by atoms with Crippen LogP contribution in [0.5, 0.6) is 5.75 Å². The molecule has 7 nitrogen and oxygen atoms in total. The highest BCUT2D eigenvalue weighted by atomic mass is 16.5. The van der Waals surface area contributed by atoms with Crippen molar-refractivity contribution in [3.8, 4) is 5.75 Å². The fourth-order valence-electron chi connectivity index (χ4n) is 3.97. The van der Waals surface area contributed by atoms with Gasteiger partial charge in [0, 0.05) is 61.9 Å². The molecule has 1 saturated heterocycles. The number of aromatic nitrogens is 1. The number of carbonyl (C=O) groups excluding carboxylic acids is 2. The molecule has 1 N–H and O–H groups in total. The van der Waals surface area contributed by atoms with E-state index in [9.17, 15) is 9.59 Å². The number of hydrogen-bond acceptors (Lipinski definition) is 4. The van der Waals surface area contributed by atoms with Crippen LogP contribution in [0.25, 0.3) is 10.9 Å². The Kier molecular flexibility index (Phi) is 6.40. The highest BCUT2D eigenvalue weighted by Gasteiger charge is 2.21. The number of ether oxygens (including phenoxy) is 1. The molecular formula is C24H28N4O3. The number of nitrogens with one attached hydrogen (secondary N) is 1. The predicted molar refractivity (Wildman–Crippen MR) is 121 cm³/mol. The van der Waals surface area contributed by atoms with Crippen LogP contribution in [0, 0.1) is 0 Å². The van der Waals surface area contributed by atoms with Crippen LogP contribution in [0.1, 0.15) is 6.42 Å². The van der Waals surface area contributed by atoms with Gasteiger partial charge < -0.3 is 24.4 Å². The smallest absolute Gasteiger partial charge is 0.239 e. The monoisotopic (exact) mass is 420 g/mol. The van der Waals surface area contributed by atoms with Gasteiger partial charge >= 0.3 is 0 Å². The van der Waals surface area contributed by atoms with Gasteiger partial charge in [-0.2, -0.15) is 0 Å². The van der Waals surface area contributed by atoms with Gasteiger partial charge in [-0.1, -0.05) is 18.2 Å². The molecule has 0 atom stereocenters. The van der Waals surface area contributed by atoms with Crippen LogP contribution in [0.2, 0.25) is 0 Å². The Labute approximate surface area is 182 Å². The minimum absolute atomic E-state index is 0.0894. The molecule has 0 spiro atoms. The average molecular weight is 421 g/mol. The van der Waals surface area contributed by atoms with Crippen molar-refractivity contribution in [2.45, 2.75) is 13.0 Å². The van der Waals surface area contributed by atoms with Gasteiger partial charge in [-0.05, 0) is 36.4 Å². The summed E-state index contributed by atoms with van der Waals surface area (Å²) in [7, 11) is 1.64. The Balaban J connectivity index is 1.21. The lowest BCUT2D eigenvalue weighted by Crippen LogP contribution is -2.49. The summed E-state index contributed by atoms with van der Waals surface area (Å²) in [5, 5.41) is 3.90. The van der Waals surface area contributed by atoms with Crippen molar-refractivity contribution in [1.29, 1.82) is 0 Å². The molecule has 0 saturated carbocycles. The number of rotatable bonds is 7. The third-order valence-electron chi connectivity index (χ3n) is 5.71. The molecule has 0 radical (unpaired) electrons. The van der Waals surface area contributed by atoms with Gasteiger partial charge in [0.25, 0.3) is 0 Å². The van der Waals surface area contributed by atoms with Crippen molar-refractivity contribution < 1.29 is 14.3 Å². The number of amides is 2. The van der Waals surface area contributed by atoms with E-state index in [2.05, 4.69) is 22.3 Å². The summed E-state index contributed by atoms with van der Waals surface area (Å²) in [4.78, 5) is 29.0. The van der Waals surface area contributed by atoms with E-state index in [1.165, 1.54) is 5.69 Å². The Hall–Kier alpha value is -3.48. The summed E-state index contributed by atoms with van der Waals surface area (Å²) in [6.45, 7) is 3.64. The number of fused-ring (bicyclic) bond motifs is 1. The van der Waals surface area contributed by atoms with Gasteiger partial charge in [-0.25, -0.2) is 0 Å². The first-order valence-electron chi connectivity index (χ1n) is 10.6. The zero-order chi connectivity index (χ0) is 21.6. The van der Waals surface area contributed by atoms with Crippen molar-refractivity contribution in [2.75, 3.05) is 44.7 Å². The van der Waals surface area contributed by atoms with E-state index in [1.807, 2.05) is 58.1 Å². The summed E-state index contributed by atoms with van der Waals surface area (Å²) >= 11 is 0. The number of methoxy groups -OCH3 is 1. The molecule has 0 aliphatic carbocycles. The average Bonchev–Trinajstić information content (AvgIpc) is 3.21. The van der Waals surface area contributed by atoms with E-state index in [4.69, 9.17) is 4.74 Å². The molecule has 7 heteroatoms. The van der Waals surface area contributed by atoms with Crippen LogP contribution < -0.4 is 15.0 Å². The van der Waals surface area contributed by atoms with Crippen LogP contribution in [-0.4, -0.2) is 61.1 Å². The van der Waals surface area contributed by atoms with Gasteiger partial charge in [-0.3, -0.25) is 9.59 Å². The highest BCUT2D eigenvalue weighted by molar-refractivity contribution is 5.84. The Morgan fingerprint density at radius 3 is 2.52 bits per heavy atom. The molecule has 1 aliphatic rings. The maximum absolute atomic E-state index is 12.5. The molecule has 1 aliphatic heterocycles. The number of hydrogen-bond donors (Lipinski definition) is 1. The molecule has 2 amide bonds. The van der Waals surface area contributed by atoms with Crippen LogP contribution in [0.4, 0.5) is 5.69 Å². The molecule has 3 aromatic rings. The minimum atomic E-state index is -0.102. The van der Waals surface area contributed by atoms with Crippen LogP contribution in [-0.2, 0) is 16.1 Å². The van der Waals surface area contributed by atoms with Crippen LogP contribution in [0.3, 0.4) is 0 Å². The maximum Gasteiger partial charge on any atom is 0.239 e. The van der Waals surface area contributed by atoms with Gasteiger partial charge in [-0.15, -0.1) is 0 Å². The predicted octanol–water partition coefficient (Wildman–Crippen LogP) is 2.50. The van der Waals surface area contributed by atoms with Crippen molar-refractivity contribution >= 4 is 28.4 Å². The fraction of sp³-hybridized carbons (Fsp3) is 0.333. The highest BCUT2D eigenvalue weighted by Crippen LogP contribution is 2.21. The minimum Gasteiger partial charge on any atom is -0.497 e. The standard InChI is InChI=1S/C24H28N4O3/c1-31-21-7-8-22-19(17-21)10-12-28(22)18-23(29)25-11-9-24(30)27-15-13-26(14-16-27)20-5-3-2-4-6-20/h2-8,10,12,17H,9,11,13-16,18H2,1H3,(H,25,29). The van der Waals surface area contributed by atoms with E-state index in [1.54, 1.807) is 7.11 Å². The lowest BCUT2D eigenvalue weighted by Gasteiger charge is -2.36. The first-order chi connectivity index (χ1) is 15.1. The van der Waals surface area contributed by atoms with E-state index in [0.717, 1.165) is 29.7 Å². The second-order valence-electron chi connectivity index (χ2n) is 7.67. The largest absolute Gasteiger partial charge is 0.497 e. The lowest BCUT2D eigenvalue weighted by molar-refractivity contribution is -0.131. The summed E-state index contributed by atoms with van der Waals surface area (Å²) in [6, 6.07) is 18.0. The molecule has 1 fully saturated rings. The summed E-state index contributed by atoms with van der Waals surface area (Å²) < 4.78 is 7.14. The van der Waals surface area contributed by atoms with Crippen LogP contribution >= 0.6 is 0 Å². The molecular weight excluding hydrogens is 392 g/mol. The number of benzene rings is 2. The number of para-hydroxylation sites is 1. The number of carbonyl (C=O) groups is 2. The van der Waals surface area contributed by atoms with Crippen molar-refractivity contribution in [1.82, 2.24) is 14.8 Å². The van der Waals surface area contributed by atoms with Crippen molar-refractivity contribution in [2.24, 2.45) is 0 Å². The topological polar surface area (TPSA) is 66.8 Å². The Morgan fingerprint density at radius 1 is 1.00 bits per heavy atom. The molecule has 4 rings (SSSR count). The van der Waals surface area contributed by atoms with E-state index < -0.39 is 0 Å². The number of anilines is 1. The Bertz CT molecular complexity index is 1040. The first-order valence-corrected chi connectivity index (χ1v) is 10.6. The lowest BCUT2D eigenvalue weighted by atomic mass is 10.2. The number of piperazine rings is 1.